The minimum Gasteiger partial charge on any atom is -0.508 e. The molecule has 0 radical (unpaired) electrons. The number of aryl methyl sites for hydroxylation is 1. The van der Waals surface area contributed by atoms with Crippen molar-refractivity contribution in [2.45, 2.75) is 74.3 Å². The summed E-state index contributed by atoms with van der Waals surface area (Å²) in [5, 5.41) is 90.3. The second kappa shape index (κ2) is 10.9. The maximum atomic E-state index is 12.8. The quantitative estimate of drug-likeness (QED) is 0.167. The van der Waals surface area contributed by atoms with Crippen LogP contribution in [0.4, 0.5) is 0 Å². The SMILES string of the molecule is COc1cc(O)cc(C)c1C(=O)O[C@@H]1[C@@H](O)[C@@H](O)[C@@H](OC2[C@@H](O)[C@@H](O)C(O)[C@@H](O)[C@H]2O)O[C@H]1CO. The molecule has 1 saturated carbocycles. The lowest BCUT2D eigenvalue weighted by molar-refractivity contribution is -0.338. The lowest BCUT2D eigenvalue weighted by atomic mass is 9.84. The second-order valence-corrected chi connectivity index (χ2v) is 8.47. The van der Waals surface area contributed by atoms with Gasteiger partial charge in [-0.15, -0.1) is 0 Å². The highest BCUT2D eigenvalue weighted by Gasteiger charge is 2.53. The summed E-state index contributed by atoms with van der Waals surface area (Å²) < 4.78 is 21.1. The number of aliphatic hydroxyl groups is 8. The Morgan fingerprint density at radius 2 is 1.43 bits per heavy atom. The highest BCUT2D eigenvalue weighted by molar-refractivity contribution is 5.94. The van der Waals surface area contributed by atoms with Crippen molar-refractivity contribution in [3.8, 4) is 11.5 Å². The predicted molar refractivity (Wildman–Crippen MR) is 111 cm³/mol. The molecular weight excluding hydrogens is 476 g/mol. The van der Waals surface area contributed by atoms with E-state index in [-0.39, 0.29) is 22.6 Å². The lowest BCUT2D eigenvalue weighted by Crippen LogP contribution is -2.67. The number of phenolic OH excluding ortho intramolecular Hbond substituents is 1. The number of carbonyl (C=O) groups is 1. The number of methoxy groups -OCH3 is 1. The Kier molecular flexibility index (Phi) is 8.54. The Labute approximate surface area is 199 Å². The van der Waals surface area contributed by atoms with Crippen LogP contribution >= 0.6 is 0 Å². The van der Waals surface area contributed by atoms with Gasteiger partial charge in [-0.25, -0.2) is 4.79 Å². The summed E-state index contributed by atoms with van der Waals surface area (Å²) in [7, 11) is 1.26. The Bertz CT molecular complexity index is 877. The van der Waals surface area contributed by atoms with Gasteiger partial charge in [-0.1, -0.05) is 0 Å². The van der Waals surface area contributed by atoms with Gasteiger partial charge in [0.05, 0.1) is 13.7 Å². The molecule has 0 aromatic heterocycles. The van der Waals surface area contributed by atoms with Crippen LogP contribution in [0.3, 0.4) is 0 Å². The monoisotopic (exact) mass is 506 g/mol. The van der Waals surface area contributed by atoms with E-state index >= 15 is 0 Å². The highest BCUT2D eigenvalue weighted by atomic mass is 16.7. The Morgan fingerprint density at radius 3 is 1.97 bits per heavy atom. The number of benzene rings is 1. The van der Waals surface area contributed by atoms with Gasteiger partial charge >= 0.3 is 5.97 Å². The zero-order chi connectivity index (χ0) is 26.2. The van der Waals surface area contributed by atoms with E-state index in [1.54, 1.807) is 0 Å². The van der Waals surface area contributed by atoms with E-state index in [0.29, 0.717) is 0 Å². The topological polar surface area (TPSA) is 236 Å². The van der Waals surface area contributed by atoms with Gasteiger partial charge in [-0.05, 0) is 18.6 Å². The highest BCUT2D eigenvalue weighted by Crippen LogP contribution is 2.32. The maximum Gasteiger partial charge on any atom is 0.342 e. The van der Waals surface area contributed by atoms with Crippen LogP contribution in [0.2, 0.25) is 0 Å². The van der Waals surface area contributed by atoms with Crippen LogP contribution < -0.4 is 4.74 Å². The number of ether oxygens (including phenoxy) is 4. The molecule has 9 N–H and O–H groups in total. The molecule has 1 aliphatic carbocycles. The molecule has 0 bridgehead atoms. The van der Waals surface area contributed by atoms with E-state index in [1.165, 1.54) is 26.2 Å². The molecule has 1 saturated heterocycles. The number of hydrogen-bond donors (Lipinski definition) is 9. The molecule has 0 spiro atoms. The molecule has 3 rings (SSSR count). The molecule has 2 fully saturated rings. The molecule has 2 unspecified atom stereocenters. The van der Waals surface area contributed by atoms with Gasteiger partial charge in [0, 0.05) is 6.07 Å². The number of aliphatic hydroxyl groups excluding tert-OH is 8. The number of carbonyl (C=O) groups excluding carboxylic acids is 1. The lowest BCUT2D eigenvalue weighted by Gasteiger charge is -2.46. The first-order valence-electron chi connectivity index (χ1n) is 10.7. The van der Waals surface area contributed by atoms with Crippen molar-refractivity contribution < 1.29 is 69.7 Å². The molecule has 35 heavy (non-hydrogen) atoms. The largest absolute Gasteiger partial charge is 0.508 e. The Hall–Kier alpha value is -2.11. The second-order valence-electron chi connectivity index (χ2n) is 8.47. The van der Waals surface area contributed by atoms with Crippen LogP contribution in [0, 0.1) is 6.92 Å². The summed E-state index contributed by atoms with van der Waals surface area (Å²) in [5.41, 5.74) is 0.192. The molecule has 14 nitrogen and oxygen atoms in total. The fraction of sp³-hybridized carbons (Fsp3) is 0.667. The molecular formula is C21H30O14. The summed E-state index contributed by atoms with van der Waals surface area (Å²) in [6.07, 6.45) is -20.0. The van der Waals surface area contributed by atoms with Crippen LogP contribution in [0.1, 0.15) is 15.9 Å². The third-order valence-corrected chi connectivity index (χ3v) is 6.14. The number of hydrogen-bond acceptors (Lipinski definition) is 14. The maximum absolute atomic E-state index is 12.8. The van der Waals surface area contributed by atoms with Crippen molar-refractivity contribution >= 4 is 5.97 Å². The van der Waals surface area contributed by atoms with E-state index in [9.17, 15) is 50.8 Å². The van der Waals surface area contributed by atoms with E-state index in [2.05, 4.69) is 0 Å². The molecule has 0 amide bonds. The van der Waals surface area contributed by atoms with Crippen molar-refractivity contribution in [2.75, 3.05) is 13.7 Å². The standard InChI is InChI=1S/C21H30O14/c1-6-3-7(23)4-8(32-2)10(6)20(31)34-18-9(5-22)33-21(17(30)16(18)29)35-19-14(27)12(25)11(24)13(26)15(19)28/h3-4,9,11-19,21-30H,5H2,1-2H3/t9-,11?,12-,13+,14-,15+,16-,17+,18-,19?,21+/m0/s1. The Balaban J connectivity index is 1.78. The first kappa shape index (κ1) is 27.5. The summed E-state index contributed by atoms with van der Waals surface area (Å²) in [6.45, 7) is 0.669. The van der Waals surface area contributed by atoms with E-state index < -0.39 is 79.9 Å². The third kappa shape index (κ3) is 5.22. The van der Waals surface area contributed by atoms with Crippen molar-refractivity contribution in [3.63, 3.8) is 0 Å². The van der Waals surface area contributed by atoms with Crippen molar-refractivity contribution in [2.24, 2.45) is 0 Å². The fourth-order valence-electron chi connectivity index (χ4n) is 4.16. The predicted octanol–water partition coefficient (Wildman–Crippen LogP) is -4.12. The van der Waals surface area contributed by atoms with Gasteiger partial charge < -0.3 is 64.9 Å². The summed E-state index contributed by atoms with van der Waals surface area (Å²) in [4.78, 5) is 12.8. The number of phenols is 1. The van der Waals surface area contributed by atoms with E-state index in [4.69, 9.17) is 18.9 Å². The molecule has 1 heterocycles. The average Bonchev–Trinajstić information content (AvgIpc) is 2.82. The molecule has 1 aliphatic heterocycles. The summed E-state index contributed by atoms with van der Waals surface area (Å²) in [5.74, 6) is -1.22. The molecule has 198 valence electrons. The molecule has 1 aromatic carbocycles. The average molecular weight is 506 g/mol. The van der Waals surface area contributed by atoms with Gasteiger partial charge in [0.25, 0.3) is 0 Å². The normalized spacial score (nSPS) is 39.8. The fourth-order valence-corrected chi connectivity index (χ4v) is 4.16. The minimum atomic E-state index is -1.95. The number of rotatable bonds is 6. The number of esters is 1. The van der Waals surface area contributed by atoms with Gasteiger partial charge in [-0.3, -0.25) is 0 Å². The van der Waals surface area contributed by atoms with E-state index in [1.807, 2.05) is 0 Å². The van der Waals surface area contributed by atoms with Crippen LogP contribution in [-0.2, 0) is 14.2 Å². The van der Waals surface area contributed by atoms with Gasteiger partial charge in [-0.2, -0.15) is 0 Å². The van der Waals surface area contributed by atoms with Crippen molar-refractivity contribution in [1.82, 2.24) is 0 Å². The van der Waals surface area contributed by atoms with E-state index in [0.717, 1.165) is 0 Å². The van der Waals surface area contributed by atoms with Crippen LogP contribution in [0.15, 0.2) is 12.1 Å². The van der Waals surface area contributed by atoms with Gasteiger partial charge in [0.15, 0.2) is 12.4 Å². The smallest absolute Gasteiger partial charge is 0.342 e. The number of aromatic hydroxyl groups is 1. The summed E-state index contributed by atoms with van der Waals surface area (Å²) in [6, 6.07) is 2.44. The van der Waals surface area contributed by atoms with Crippen molar-refractivity contribution in [1.29, 1.82) is 0 Å². The first-order valence-corrected chi connectivity index (χ1v) is 10.7. The van der Waals surface area contributed by atoms with Crippen LogP contribution in [-0.4, -0.2) is 133 Å². The van der Waals surface area contributed by atoms with Gasteiger partial charge in [0.1, 0.15) is 72.0 Å². The summed E-state index contributed by atoms with van der Waals surface area (Å²) >= 11 is 0. The molecule has 11 atom stereocenters. The molecule has 1 aromatic rings. The zero-order valence-electron chi connectivity index (χ0n) is 18.8. The van der Waals surface area contributed by atoms with Crippen molar-refractivity contribution in [3.05, 3.63) is 23.3 Å². The first-order chi connectivity index (χ1) is 16.4. The van der Waals surface area contributed by atoms with Gasteiger partial charge in [0.2, 0.25) is 0 Å². The van der Waals surface area contributed by atoms with Crippen LogP contribution in [0.5, 0.6) is 11.5 Å². The minimum absolute atomic E-state index is 0.0272. The van der Waals surface area contributed by atoms with Crippen LogP contribution in [0.25, 0.3) is 0 Å². The molecule has 14 heteroatoms. The third-order valence-electron chi connectivity index (χ3n) is 6.14. The zero-order valence-corrected chi connectivity index (χ0v) is 18.8. The Morgan fingerprint density at radius 1 is 0.886 bits per heavy atom. The molecule has 2 aliphatic rings.